The molecule has 1 aromatic heterocycles. The third kappa shape index (κ3) is 5.76. The third-order valence-electron chi connectivity index (χ3n) is 11.8. The molecule has 278 valence electrons. The molecule has 1 amide bonds. The Labute approximate surface area is 332 Å². The van der Waals surface area contributed by atoms with Gasteiger partial charge in [-0.25, -0.2) is 4.99 Å². The molecule has 0 fully saturated rings. The smallest absolute Gasteiger partial charge is 0.280 e. The predicted octanol–water partition coefficient (Wildman–Crippen LogP) is 9.58. The second-order valence-corrected chi connectivity index (χ2v) is 16.2. The van der Waals surface area contributed by atoms with E-state index in [1.165, 1.54) is 22.3 Å². The highest BCUT2D eigenvalue weighted by Gasteiger charge is 2.45. The molecular weight excluding hydrogens is 812 g/mol. The lowest BCUT2D eigenvalue weighted by molar-refractivity contribution is 0.101. The maximum Gasteiger partial charge on any atom is 0.280 e. The van der Waals surface area contributed by atoms with Gasteiger partial charge in [0.15, 0.2) is 5.88 Å². The number of carbonyl (C=O) groups is 1. The van der Waals surface area contributed by atoms with E-state index in [4.69, 9.17) is 18.9 Å². The van der Waals surface area contributed by atoms with Gasteiger partial charge in [-0.2, -0.15) is 0 Å². The first-order valence-corrected chi connectivity index (χ1v) is 19.7. The summed E-state index contributed by atoms with van der Waals surface area (Å²) in [4.78, 5) is 21.8. The van der Waals surface area contributed by atoms with Gasteiger partial charge in [-0.3, -0.25) is 4.79 Å². The van der Waals surface area contributed by atoms with Crippen LogP contribution in [0.15, 0.2) is 86.7 Å². The van der Waals surface area contributed by atoms with Crippen molar-refractivity contribution >= 4 is 43.5 Å². The number of benzene rings is 4. The van der Waals surface area contributed by atoms with Gasteiger partial charge in [0.1, 0.15) is 0 Å². The average molecular weight is 855 g/mol. The molecule has 0 atom stereocenters. The van der Waals surface area contributed by atoms with Gasteiger partial charge in [-0.05, 0) is 112 Å². The first kappa shape index (κ1) is 37.0. The molecule has 0 unspecified atom stereocenters. The molecule has 0 spiro atoms. The molecule has 2 aliphatic carbocycles. The number of hydrogen-bond donors (Lipinski definition) is 2. The van der Waals surface area contributed by atoms with Crippen LogP contribution < -0.4 is 0 Å². The number of halogens is 2. The van der Waals surface area contributed by atoms with Gasteiger partial charge >= 0.3 is 0 Å². The number of aromatic hydroxyl groups is 1. The summed E-state index contributed by atoms with van der Waals surface area (Å²) in [7, 11) is 6.90. The number of carbonyl (C=O) groups excluding carboxylic acids is 1. The Morgan fingerprint density at radius 3 is 1.46 bits per heavy atom. The lowest BCUT2D eigenvalue weighted by Gasteiger charge is -2.32. The molecule has 0 bridgehead atoms. The minimum Gasteiger partial charge on any atom is -0.494 e. The zero-order valence-corrected chi connectivity index (χ0v) is 33.9. The fourth-order valence-corrected chi connectivity index (χ4v) is 9.96. The Bertz CT molecular complexity index is 2310. The predicted molar refractivity (Wildman–Crippen MR) is 218 cm³/mol. The molecule has 8 nitrogen and oxygen atoms in total. The number of ether oxygens (including phenoxy) is 4. The number of nitrogens with zero attached hydrogens (tertiary/aromatic N) is 1. The zero-order chi connectivity index (χ0) is 37.8. The van der Waals surface area contributed by atoms with Crippen molar-refractivity contribution in [2.45, 2.75) is 36.5 Å². The third-order valence-corrected chi connectivity index (χ3v) is 12.8. The highest BCUT2D eigenvalue weighted by Crippen LogP contribution is 2.56. The zero-order valence-electron chi connectivity index (χ0n) is 30.8. The largest absolute Gasteiger partial charge is 0.494 e. The van der Waals surface area contributed by atoms with Gasteiger partial charge in [0, 0.05) is 80.2 Å². The van der Waals surface area contributed by atoms with Gasteiger partial charge in [0.25, 0.3) is 5.91 Å². The van der Waals surface area contributed by atoms with Crippen molar-refractivity contribution in [2.75, 3.05) is 54.9 Å². The van der Waals surface area contributed by atoms with Gasteiger partial charge in [-0.1, -0.05) is 68.3 Å². The average Bonchev–Trinajstić information content (AvgIpc) is 3.87. The summed E-state index contributed by atoms with van der Waals surface area (Å²) >= 11 is 7.42. The summed E-state index contributed by atoms with van der Waals surface area (Å²) in [6, 6.07) is 25.4. The van der Waals surface area contributed by atoms with Gasteiger partial charge in [0.2, 0.25) is 0 Å². The number of aromatic nitrogens is 1. The van der Waals surface area contributed by atoms with Crippen molar-refractivity contribution in [1.82, 2.24) is 4.98 Å². The Balaban J connectivity index is 1.24. The van der Waals surface area contributed by atoms with Crippen LogP contribution in [0, 0.1) is 0 Å². The summed E-state index contributed by atoms with van der Waals surface area (Å²) in [6.07, 6.45) is 3.00. The number of amides is 1. The number of nitrogens with one attached hydrogen (secondary N) is 1. The van der Waals surface area contributed by atoms with Gasteiger partial charge < -0.3 is 29.0 Å². The SMILES string of the molecule is COCCC1(CCOC)c2cc(Br)ccc2-c2ccc(C3=NC(=O)c4c(-c5ccc6c(c5)C(CCOC)(CCOC)c5cc(Br)ccc5-6)[nH]c(O)c43)cc21. The summed E-state index contributed by atoms with van der Waals surface area (Å²) in [6.45, 7) is 2.25. The van der Waals surface area contributed by atoms with E-state index in [-0.39, 0.29) is 22.6 Å². The Kier molecular flexibility index (Phi) is 10.0. The number of fused-ring (bicyclic) bond motifs is 7. The molecule has 10 heteroatoms. The van der Waals surface area contributed by atoms with E-state index < -0.39 is 0 Å². The maximum absolute atomic E-state index is 14.0. The summed E-state index contributed by atoms with van der Waals surface area (Å²) in [5.74, 6) is -0.470. The molecule has 0 radical (unpaired) electrons. The van der Waals surface area contributed by atoms with Crippen LogP contribution in [-0.2, 0) is 29.8 Å². The van der Waals surface area contributed by atoms with Crippen LogP contribution >= 0.6 is 31.9 Å². The van der Waals surface area contributed by atoms with Crippen LogP contribution in [-0.4, -0.2) is 76.6 Å². The summed E-state index contributed by atoms with van der Waals surface area (Å²) in [5.41, 5.74) is 11.9. The Hall–Kier alpha value is -3.90. The van der Waals surface area contributed by atoms with Gasteiger partial charge in [-0.15, -0.1) is 0 Å². The number of H-pyrrole nitrogens is 1. The molecule has 1 aliphatic heterocycles. The van der Waals surface area contributed by atoms with E-state index in [1.54, 1.807) is 28.4 Å². The summed E-state index contributed by atoms with van der Waals surface area (Å²) in [5, 5.41) is 11.6. The maximum atomic E-state index is 14.0. The van der Waals surface area contributed by atoms with Crippen LogP contribution in [0.1, 0.15) is 69.4 Å². The Morgan fingerprint density at radius 2 is 1.00 bits per heavy atom. The fourth-order valence-electron chi connectivity index (χ4n) is 9.24. The molecule has 4 aromatic carbocycles. The van der Waals surface area contributed by atoms with E-state index in [1.807, 2.05) is 12.1 Å². The molecule has 8 rings (SSSR count). The van der Waals surface area contributed by atoms with E-state index in [9.17, 15) is 9.90 Å². The lowest BCUT2D eigenvalue weighted by Crippen LogP contribution is -2.29. The van der Waals surface area contributed by atoms with Crippen molar-refractivity contribution in [3.63, 3.8) is 0 Å². The molecule has 3 aliphatic rings. The standard InChI is InChI=1S/C44H42Br2N2O6/c1-51-17-13-43(14-18-52-2)33-21-25(5-9-29(33)31-11-7-27(45)23-35(31)43)39-37-38(42(50)47-39)40(48-41(37)49)26-6-10-30-32-12-8-28(46)24-36(32)44(15-19-53-3,16-20-54-4)34(30)22-26/h5-12,21-24,47,50H,13-20H2,1-4H3. The number of aromatic amines is 1. The number of hydrogen-bond acceptors (Lipinski definition) is 6. The van der Waals surface area contributed by atoms with E-state index in [2.05, 4.69) is 102 Å². The van der Waals surface area contributed by atoms with Crippen molar-refractivity contribution in [3.8, 4) is 39.4 Å². The number of rotatable bonds is 14. The highest BCUT2D eigenvalue weighted by atomic mass is 79.9. The van der Waals surface area contributed by atoms with E-state index in [0.717, 1.165) is 68.0 Å². The van der Waals surface area contributed by atoms with Crippen LogP contribution in [0.5, 0.6) is 5.88 Å². The first-order chi connectivity index (χ1) is 26.2. The molecule has 54 heavy (non-hydrogen) atoms. The van der Waals surface area contributed by atoms with Crippen LogP contribution in [0.2, 0.25) is 0 Å². The molecular formula is C44H42Br2N2O6. The van der Waals surface area contributed by atoms with Gasteiger partial charge in [0.05, 0.1) is 22.5 Å². The number of methoxy groups -OCH3 is 4. The molecule has 2 N–H and O–H groups in total. The quantitative estimate of drug-likeness (QED) is 0.115. The van der Waals surface area contributed by atoms with E-state index in [0.29, 0.717) is 49.0 Å². The second kappa shape index (κ2) is 14.6. The minimum absolute atomic E-state index is 0.0833. The van der Waals surface area contributed by atoms with Crippen molar-refractivity contribution in [3.05, 3.63) is 121 Å². The molecule has 2 heterocycles. The molecule has 5 aromatic rings. The van der Waals surface area contributed by atoms with Crippen molar-refractivity contribution in [2.24, 2.45) is 4.99 Å². The molecule has 0 saturated carbocycles. The first-order valence-electron chi connectivity index (χ1n) is 18.2. The second-order valence-electron chi connectivity index (χ2n) is 14.4. The highest BCUT2D eigenvalue weighted by molar-refractivity contribution is 9.10. The topological polar surface area (TPSA) is 102 Å². The molecule has 0 saturated heterocycles. The minimum atomic E-state index is -0.387. The summed E-state index contributed by atoms with van der Waals surface area (Å²) < 4.78 is 24.6. The lowest BCUT2D eigenvalue weighted by atomic mass is 9.72. The van der Waals surface area contributed by atoms with Crippen LogP contribution in [0.4, 0.5) is 0 Å². The van der Waals surface area contributed by atoms with Crippen LogP contribution in [0.3, 0.4) is 0 Å². The van der Waals surface area contributed by atoms with Crippen LogP contribution in [0.25, 0.3) is 33.5 Å². The Morgan fingerprint density at radius 1 is 0.593 bits per heavy atom. The number of aliphatic imine (C=N–C) groups is 1. The fraction of sp³-hybridized carbons (Fsp3) is 0.318. The van der Waals surface area contributed by atoms with Crippen molar-refractivity contribution in [1.29, 1.82) is 0 Å². The monoisotopic (exact) mass is 852 g/mol. The van der Waals surface area contributed by atoms with E-state index >= 15 is 0 Å². The van der Waals surface area contributed by atoms with Crippen molar-refractivity contribution < 1.29 is 28.8 Å². The normalized spacial score (nSPS) is 15.5.